The van der Waals surface area contributed by atoms with Crippen LogP contribution in [0.4, 0.5) is 11.4 Å². The van der Waals surface area contributed by atoms with Gasteiger partial charge in [-0.3, -0.25) is 4.79 Å². The second-order valence-corrected chi connectivity index (χ2v) is 3.38. The highest BCUT2D eigenvalue weighted by Gasteiger charge is 2.16. The Morgan fingerprint density at radius 3 is 3.07 bits per heavy atom. The van der Waals surface area contributed by atoms with Crippen LogP contribution in [0.2, 0.25) is 0 Å². The molecule has 0 saturated carbocycles. The van der Waals surface area contributed by atoms with Crippen LogP contribution >= 0.6 is 0 Å². The van der Waals surface area contributed by atoms with Gasteiger partial charge in [-0.05, 0) is 24.6 Å². The fourth-order valence-electron chi connectivity index (χ4n) is 1.51. The molecule has 0 aromatic heterocycles. The van der Waals surface area contributed by atoms with Gasteiger partial charge in [0.25, 0.3) is 0 Å². The highest BCUT2D eigenvalue weighted by molar-refractivity contribution is 5.94. The number of benzene rings is 1. The smallest absolute Gasteiger partial charge is 0.227 e. The van der Waals surface area contributed by atoms with Crippen LogP contribution in [0, 0.1) is 6.92 Å². The first-order valence-electron chi connectivity index (χ1n) is 4.49. The fraction of sp³-hybridized carbons (Fsp3) is 0.300. The van der Waals surface area contributed by atoms with E-state index in [2.05, 4.69) is 5.32 Å². The summed E-state index contributed by atoms with van der Waals surface area (Å²) in [4.78, 5) is 11.2. The van der Waals surface area contributed by atoms with E-state index in [4.69, 9.17) is 10.5 Å². The normalized spacial score (nSPS) is 15.1. The molecule has 2 rings (SSSR count). The number of carbonyl (C=O) groups is 1. The lowest BCUT2D eigenvalue weighted by Gasteiger charge is -2.10. The van der Waals surface area contributed by atoms with Crippen LogP contribution < -0.4 is 15.8 Å². The molecular weight excluding hydrogens is 180 g/mol. The van der Waals surface area contributed by atoms with Crippen LogP contribution in [0.3, 0.4) is 0 Å². The van der Waals surface area contributed by atoms with Crippen molar-refractivity contribution in [2.45, 2.75) is 13.3 Å². The molecule has 1 aliphatic rings. The van der Waals surface area contributed by atoms with Gasteiger partial charge in [0, 0.05) is 0 Å². The molecule has 1 heterocycles. The molecule has 0 atom stereocenters. The second kappa shape index (κ2) is 3.21. The zero-order valence-electron chi connectivity index (χ0n) is 7.96. The average Bonchev–Trinajstić information content (AvgIpc) is 2.25. The number of hydrogen-bond acceptors (Lipinski definition) is 3. The van der Waals surface area contributed by atoms with E-state index >= 15 is 0 Å². The monoisotopic (exact) mass is 192 g/mol. The Labute approximate surface area is 82.1 Å². The summed E-state index contributed by atoms with van der Waals surface area (Å²) >= 11 is 0. The van der Waals surface area contributed by atoms with Gasteiger partial charge in [-0.1, -0.05) is 0 Å². The summed E-state index contributed by atoms with van der Waals surface area (Å²) in [6.45, 7) is 2.31. The first-order valence-corrected chi connectivity index (χ1v) is 4.49. The number of amides is 1. The SMILES string of the molecule is Cc1cc(N)c2c(c1)NC(=O)CCO2. The van der Waals surface area contributed by atoms with Crippen LogP contribution in [0.1, 0.15) is 12.0 Å². The van der Waals surface area contributed by atoms with E-state index in [0.717, 1.165) is 5.56 Å². The standard InChI is InChI=1S/C10H12N2O2/c1-6-4-7(11)10-8(5-6)12-9(13)2-3-14-10/h4-5H,2-3,11H2,1H3,(H,12,13). The van der Waals surface area contributed by atoms with Gasteiger partial charge in [0.2, 0.25) is 5.91 Å². The van der Waals surface area contributed by atoms with Crippen molar-refractivity contribution in [3.63, 3.8) is 0 Å². The predicted molar refractivity (Wildman–Crippen MR) is 54.3 cm³/mol. The van der Waals surface area contributed by atoms with Gasteiger partial charge in [-0.2, -0.15) is 0 Å². The highest BCUT2D eigenvalue weighted by Crippen LogP contribution is 2.34. The molecule has 1 amide bonds. The number of fused-ring (bicyclic) bond motifs is 1. The van der Waals surface area contributed by atoms with Crippen molar-refractivity contribution in [1.82, 2.24) is 0 Å². The lowest BCUT2D eigenvalue weighted by atomic mass is 10.2. The third-order valence-electron chi connectivity index (χ3n) is 2.11. The first-order chi connectivity index (χ1) is 6.66. The Balaban J connectivity index is 2.50. The summed E-state index contributed by atoms with van der Waals surface area (Å²) in [6, 6.07) is 3.69. The lowest BCUT2D eigenvalue weighted by Crippen LogP contribution is -2.10. The van der Waals surface area contributed by atoms with Crippen molar-refractivity contribution in [1.29, 1.82) is 0 Å². The van der Waals surface area contributed by atoms with E-state index in [1.165, 1.54) is 0 Å². The summed E-state index contributed by atoms with van der Waals surface area (Å²) in [7, 11) is 0. The van der Waals surface area contributed by atoms with Crippen molar-refractivity contribution < 1.29 is 9.53 Å². The zero-order valence-corrected chi connectivity index (χ0v) is 7.96. The summed E-state index contributed by atoms with van der Waals surface area (Å²) in [5.74, 6) is 0.551. The topological polar surface area (TPSA) is 64.3 Å². The molecule has 74 valence electrons. The molecule has 1 aliphatic heterocycles. The molecule has 3 N–H and O–H groups in total. The second-order valence-electron chi connectivity index (χ2n) is 3.38. The number of rotatable bonds is 0. The van der Waals surface area contributed by atoms with E-state index in [0.29, 0.717) is 30.2 Å². The van der Waals surface area contributed by atoms with E-state index in [1.54, 1.807) is 0 Å². The lowest BCUT2D eigenvalue weighted by molar-refractivity contribution is -0.116. The third kappa shape index (κ3) is 1.51. The van der Waals surface area contributed by atoms with Crippen LogP contribution in [-0.2, 0) is 4.79 Å². The summed E-state index contributed by atoms with van der Waals surface area (Å²) in [5, 5.41) is 2.76. The molecule has 0 spiro atoms. The fourth-order valence-corrected chi connectivity index (χ4v) is 1.51. The maximum absolute atomic E-state index is 11.2. The Hall–Kier alpha value is -1.71. The third-order valence-corrected chi connectivity index (χ3v) is 2.11. The number of nitrogens with one attached hydrogen (secondary N) is 1. The summed E-state index contributed by atoms with van der Waals surface area (Å²) in [6.07, 6.45) is 0.368. The summed E-state index contributed by atoms with van der Waals surface area (Å²) in [5.41, 5.74) is 8.03. The quantitative estimate of drug-likeness (QED) is 0.609. The maximum atomic E-state index is 11.2. The molecular formula is C10H12N2O2. The van der Waals surface area contributed by atoms with Crippen molar-refractivity contribution in [2.24, 2.45) is 0 Å². The molecule has 4 nitrogen and oxygen atoms in total. The Morgan fingerprint density at radius 1 is 1.50 bits per heavy atom. The number of carbonyl (C=O) groups excluding carboxylic acids is 1. The molecule has 1 aromatic rings. The molecule has 0 saturated heterocycles. The van der Waals surface area contributed by atoms with Crippen LogP contribution in [-0.4, -0.2) is 12.5 Å². The van der Waals surface area contributed by atoms with E-state index in [-0.39, 0.29) is 5.91 Å². The molecule has 0 fully saturated rings. The van der Waals surface area contributed by atoms with E-state index in [1.807, 2.05) is 19.1 Å². The van der Waals surface area contributed by atoms with Crippen LogP contribution in [0.15, 0.2) is 12.1 Å². The molecule has 0 aliphatic carbocycles. The van der Waals surface area contributed by atoms with Crippen molar-refractivity contribution in [3.8, 4) is 5.75 Å². The molecule has 1 aromatic carbocycles. The van der Waals surface area contributed by atoms with Gasteiger partial charge in [-0.15, -0.1) is 0 Å². The van der Waals surface area contributed by atoms with Gasteiger partial charge < -0.3 is 15.8 Å². The van der Waals surface area contributed by atoms with E-state index < -0.39 is 0 Å². The Bertz CT molecular complexity index is 388. The van der Waals surface area contributed by atoms with Gasteiger partial charge in [0.1, 0.15) is 0 Å². The van der Waals surface area contributed by atoms with Crippen molar-refractivity contribution >= 4 is 17.3 Å². The minimum absolute atomic E-state index is 0.0336. The Kier molecular flexibility index (Phi) is 2.04. The van der Waals surface area contributed by atoms with E-state index in [9.17, 15) is 4.79 Å². The molecule has 4 heteroatoms. The number of ether oxygens (including phenoxy) is 1. The van der Waals surface area contributed by atoms with Gasteiger partial charge in [0.15, 0.2) is 5.75 Å². The van der Waals surface area contributed by atoms with Crippen LogP contribution in [0.5, 0.6) is 5.75 Å². The zero-order chi connectivity index (χ0) is 10.1. The summed E-state index contributed by atoms with van der Waals surface area (Å²) < 4.78 is 5.40. The molecule has 0 radical (unpaired) electrons. The number of nitrogen functional groups attached to an aromatic ring is 1. The minimum Gasteiger partial charge on any atom is -0.489 e. The predicted octanol–water partition coefficient (Wildman–Crippen LogP) is 1.30. The minimum atomic E-state index is -0.0336. The number of hydrogen-bond donors (Lipinski definition) is 2. The Morgan fingerprint density at radius 2 is 2.29 bits per heavy atom. The molecule has 0 bridgehead atoms. The van der Waals surface area contributed by atoms with Gasteiger partial charge >= 0.3 is 0 Å². The molecule has 0 unspecified atom stereocenters. The number of nitrogens with two attached hydrogens (primary N) is 1. The van der Waals surface area contributed by atoms with Crippen molar-refractivity contribution in [3.05, 3.63) is 17.7 Å². The largest absolute Gasteiger partial charge is 0.489 e. The number of anilines is 2. The number of aryl methyl sites for hydroxylation is 1. The first kappa shape index (κ1) is 8.87. The van der Waals surface area contributed by atoms with Crippen LogP contribution in [0.25, 0.3) is 0 Å². The maximum Gasteiger partial charge on any atom is 0.227 e. The highest BCUT2D eigenvalue weighted by atomic mass is 16.5. The van der Waals surface area contributed by atoms with Gasteiger partial charge in [-0.25, -0.2) is 0 Å². The average molecular weight is 192 g/mol. The van der Waals surface area contributed by atoms with Crippen molar-refractivity contribution in [2.75, 3.05) is 17.7 Å². The molecule has 14 heavy (non-hydrogen) atoms. The van der Waals surface area contributed by atoms with Gasteiger partial charge in [0.05, 0.1) is 24.4 Å².